The van der Waals surface area contributed by atoms with Crippen LogP contribution in [-0.4, -0.2) is 4.98 Å². The van der Waals surface area contributed by atoms with E-state index in [-0.39, 0.29) is 0 Å². The highest BCUT2D eigenvalue weighted by Crippen LogP contribution is 2.59. The Morgan fingerprint density at radius 2 is 0.609 bits per heavy atom. The average Bonchev–Trinajstić information content (AvgIpc) is 3.38. The lowest BCUT2D eigenvalue weighted by Gasteiger charge is -2.42. The van der Waals surface area contributed by atoms with E-state index in [2.05, 4.69) is 249 Å². The van der Waals surface area contributed by atoms with Crippen molar-refractivity contribution in [1.82, 2.24) is 4.98 Å². The molecule has 0 spiro atoms. The summed E-state index contributed by atoms with van der Waals surface area (Å²) in [7, 11) is 0. The van der Waals surface area contributed by atoms with Crippen LogP contribution in [0.15, 0.2) is 249 Å². The van der Waals surface area contributed by atoms with Crippen LogP contribution in [0.1, 0.15) is 44.5 Å². The lowest BCUT2D eigenvalue weighted by Crippen LogP contribution is -2.34. The van der Waals surface area contributed by atoms with Crippen molar-refractivity contribution in [2.45, 2.75) is 10.8 Å². The molecule has 0 saturated heterocycles. The highest BCUT2D eigenvalue weighted by atomic mass is 16.5. The molecule has 3 nitrogen and oxygen atoms in total. The van der Waals surface area contributed by atoms with E-state index >= 15 is 0 Å². The first-order valence-electron chi connectivity index (χ1n) is 21.9. The van der Waals surface area contributed by atoms with Gasteiger partial charge in [0.05, 0.1) is 22.2 Å². The molecule has 0 radical (unpaired) electrons. The van der Waals surface area contributed by atoms with Gasteiger partial charge in [0.15, 0.2) is 0 Å². The minimum Gasteiger partial charge on any atom is -0.456 e. The van der Waals surface area contributed by atoms with Gasteiger partial charge in [0.25, 0.3) is 0 Å². The predicted molar refractivity (Wildman–Crippen MR) is 257 cm³/mol. The molecule has 10 aromatic rings. The van der Waals surface area contributed by atoms with Gasteiger partial charge < -0.3 is 9.47 Å². The molecule has 3 heteroatoms. The smallest absolute Gasteiger partial charge is 0.141 e. The maximum atomic E-state index is 7.14. The zero-order chi connectivity index (χ0) is 42.5. The third-order valence-corrected chi connectivity index (χ3v) is 13.2. The first-order valence-corrected chi connectivity index (χ1v) is 21.9. The van der Waals surface area contributed by atoms with E-state index in [1.807, 2.05) is 0 Å². The lowest BCUT2D eigenvalue weighted by molar-refractivity contribution is 0.436. The van der Waals surface area contributed by atoms with E-state index in [0.29, 0.717) is 0 Å². The molecule has 64 heavy (non-hydrogen) atoms. The number of benzene rings is 9. The van der Waals surface area contributed by atoms with E-state index in [1.54, 1.807) is 0 Å². The zero-order valence-corrected chi connectivity index (χ0v) is 34.9. The minimum absolute atomic E-state index is 0.666. The van der Waals surface area contributed by atoms with Crippen LogP contribution in [0.25, 0.3) is 33.6 Å². The standard InChI is InChI=1S/C61H41NO2/c1-6-22-42(23-7-1)43-40-54(48-32-20-36-52-58(48)63-56-38-18-16-34-50(56)60(52,44-24-8-2-9-25-44)45-26-10-3-11-27-45)62-55(41-43)49-33-21-37-53-59(49)64-57-39-19-17-35-51(57)61(53,46-28-12-4-13-29-46)47-30-14-5-15-31-47/h1-41H. The first-order chi connectivity index (χ1) is 31.7. The van der Waals surface area contributed by atoms with Crippen molar-refractivity contribution in [3.8, 4) is 56.6 Å². The Kier molecular flexibility index (Phi) is 8.94. The Morgan fingerprint density at radius 3 is 1.00 bits per heavy atom. The predicted octanol–water partition coefficient (Wildman–Crippen LogP) is 15.1. The SMILES string of the molecule is c1ccc(-c2cc(-c3cccc4c3Oc3ccccc3C4(c3ccccc3)c3ccccc3)nc(-c3cccc4c3Oc3ccccc3C4(c3ccccc3)c3ccccc3)c2)cc1. The number of hydrogen-bond acceptors (Lipinski definition) is 3. The number of ether oxygens (including phenoxy) is 2. The van der Waals surface area contributed by atoms with E-state index in [9.17, 15) is 0 Å². The van der Waals surface area contributed by atoms with Gasteiger partial charge in [-0.15, -0.1) is 0 Å². The lowest BCUT2D eigenvalue weighted by atomic mass is 9.63. The summed E-state index contributed by atoms with van der Waals surface area (Å²) in [5, 5.41) is 0. The van der Waals surface area contributed by atoms with Crippen molar-refractivity contribution < 1.29 is 9.47 Å². The molecule has 0 fully saturated rings. The number of fused-ring (bicyclic) bond motifs is 4. The maximum Gasteiger partial charge on any atom is 0.141 e. The summed E-state index contributed by atoms with van der Waals surface area (Å²) in [6, 6.07) is 88.2. The Balaban J connectivity index is 1.13. The van der Waals surface area contributed by atoms with Gasteiger partial charge in [-0.1, -0.05) is 212 Å². The number of para-hydroxylation sites is 4. The fourth-order valence-electron chi connectivity index (χ4n) is 10.5. The molecule has 0 aliphatic carbocycles. The van der Waals surface area contributed by atoms with Crippen molar-refractivity contribution in [3.05, 3.63) is 293 Å². The van der Waals surface area contributed by atoms with E-state index in [4.69, 9.17) is 14.5 Å². The number of pyridine rings is 1. The van der Waals surface area contributed by atoms with Gasteiger partial charge in [-0.3, -0.25) is 0 Å². The Bertz CT molecular complexity index is 3030. The second kappa shape index (κ2) is 15.3. The molecule has 2 aliphatic heterocycles. The number of rotatable bonds is 7. The van der Waals surface area contributed by atoms with Gasteiger partial charge in [-0.25, -0.2) is 4.98 Å². The van der Waals surface area contributed by atoms with Crippen molar-refractivity contribution in [3.63, 3.8) is 0 Å². The highest BCUT2D eigenvalue weighted by Gasteiger charge is 2.47. The van der Waals surface area contributed by atoms with Crippen molar-refractivity contribution >= 4 is 0 Å². The van der Waals surface area contributed by atoms with Gasteiger partial charge in [-0.2, -0.15) is 0 Å². The second-order valence-electron chi connectivity index (χ2n) is 16.5. The van der Waals surface area contributed by atoms with Gasteiger partial charge in [-0.05, 0) is 69.8 Å². The number of hydrogen-bond donors (Lipinski definition) is 0. The Hall–Kier alpha value is -8.27. The minimum atomic E-state index is -0.666. The summed E-state index contributed by atoms with van der Waals surface area (Å²) in [6.45, 7) is 0. The van der Waals surface area contributed by atoms with Crippen LogP contribution in [0.2, 0.25) is 0 Å². The van der Waals surface area contributed by atoms with Crippen molar-refractivity contribution in [2.75, 3.05) is 0 Å². The zero-order valence-electron chi connectivity index (χ0n) is 34.9. The summed E-state index contributed by atoms with van der Waals surface area (Å²) in [4.78, 5) is 5.65. The first kappa shape index (κ1) is 37.5. The Morgan fingerprint density at radius 1 is 0.281 bits per heavy atom. The number of aromatic nitrogens is 1. The summed E-state index contributed by atoms with van der Waals surface area (Å²) in [5.41, 5.74) is 13.2. The van der Waals surface area contributed by atoms with Gasteiger partial charge in [0, 0.05) is 33.4 Å². The summed E-state index contributed by atoms with van der Waals surface area (Å²) in [6.07, 6.45) is 0. The highest BCUT2D eigenvalue weighted by molar-refractivity contribution is 5.85. The van der Waals surface area contributed by atoms with E-state index in [1.165, 1.54) is 0 Å². The fourth-order valence-corrected chi connectivity index (χ4v) is 10.5. The van der Waals surface area contributed by atoms with Crippen LogP contribution in [0.4, 0.5) is 0 Å². The summed E-state index contributed by atoms with van der Waals surface area (Å²) >= 11 is 0. The fraction of sp³-hybridized carbons (Fsp3) is 0.0328. The van der Waals surface area contributed by atoms with E-state index in [0.717, 1.165) is 101 Å². The van der Waals surface area contributed by atoms with Crippen LogP contribution >= 0.6 is 0 Å². The van der Waals surface area contributed by atoms with Crippen LogP contribution in [0.5, 0.6) is 23.0 Å². The van der Waals surface area contributed by atoms with Crippen LogP contribution < -0.4 is 9.47 Å². The molecule has 1 aromatic heterocycles. The van der Waals surface area contributed by atoms with Crippen LogP contribution in [0.3, 0.4) is 0 Å². The average molecular weight is 820 g/mol. The molecular formula is C61H41NO2. The third kappa shape index (κ3) is 5.71. The topological polar surface area (TPSA) is 31.4 Å². The van der Waals surface area contributed by atoms with Gasteiger partial charge in [0.2, 0.25) is 0 Å². The monoisotopic (exact) mass is 819 g/mol. The molecule has 0 unspecified atom stereocenters. The third-order valence-electron chi connectivity index (χ3n) is 13.2. The Labute approximate surface area is 373 Å². The summed E-state index contributed by atoms with van der Waals surface area (Å²) in [5.74, 6) is 3.20. The summed E-state index contributed by atoms with van der Waals surface area (Å²) < 4.78 is 14.3. The normalized spacial score (nSPS) is 13.8. The van der Waals surface area contributed by atoms with Crippen LogP contribution in [0, 0.1) is 0 Å². The molecule has 3 heterocycles. The molecular weight excluding hydrogens is 779 g/mol. The quantitative estimate of drug-likeness (QED) is 0.160. The molecule has 0 N–H and O–H groups in total. The molecule has 12 rings (SSSR count). The van der Waals surface area contributed by atoms with Crippen molar-refractivity contribution in [1.29, 1.82) is 0 Å². The largest absolute Gasteiger partial charge is 0.456 e. The van der Waals surface area contributed by atoms with Crippen LogP contribution in [-0.2, 0) is 10.8 Å². The number of nitrogens with zero attached hydrogens (tertiary/aromatic N) is 1. The van der Waals surface area contributed by atoms with Gasteiger partial charge in [0.1, 0.15) is 23.0 Å². The molecule has 0 saturated carbocycles. The molecule has 0 amide bonds. The maximum absolute atomic E-state index is 7.14. The van der Waals surface area contributed by atoms with Crippen molar-refractivity contribution in [2.24, 2.45) is 0 Å². The molecule has 9 aromatic carbocycles. The second-order valence-corrected chi connectivity index (χ2v) is 16.5. The van der Waals surface area contributed by atoms with Gasteiger partial charge >= 0.3 is 0 Å². The molecule has 0 atom stereocenters. The van der Waals surface area contributed by atoms with E-state index < -0.39 is 10.8 Å². The molecule has 0 bridgehead atoms. The molecule has 302 valence electrons. The molecule has 2 aliphatic rings.